The normalized spacial score (nSPS) is 12.5. The topological polar surface area (TPSA) is 59.8 Å². The maximum absolute atomic E-state index is 12.4. The summed E-state index contributed by atoms with van der Waals surface area (Å²) in [5.41, 5.74) is 4.09. The van der Waals surface area contributed by atoms with E-state index in [1.807, 2.05) is 31.2 Å². The first-order valence-corrected chi connectivity index (χ1v) is 8.69. The first kappa shape index (κ1) is 17.1. The SMILES string of the molecule is CC(C)Cc1ccc([C@@H](C)NC(=O)Cn2nnc3ccccc32)cc1. The summed E-state index contributed by atoms with van der Waals surface area (Å²) < 4.78 is 1.63. The number of carbonyl (C=O) groups excluding carboxylic acids is 1. The number of para-hydroxylation sites is 1. The van der Waals surface area contributed by atoms with Gasteiger partial charge in [0, 0.05) is 0 Å². The fraction of sp³-hybridized carbons (Fsp3) is 0.350. The molecule has 0 bridgehead atoms. The van der Waals surface area contributed by atoms with Crippen LogP contribution in [0, 0.1) is 5.92 Å². The number of rotatable bonds is 6. The van der Waals surface area contributed by atoms with Crippen molar-refractivity contribution in [1.29, 1.82) is 0 Å². The van der Waals surface area contributed by atoms with Gasteiger partial charge in [-0.3, -0.25) is 4.79 Å². The van der Waals surface area contributed by atoms with Gasteiger partial charge in [0.15, 0.2) is 0 Å². The molecule has 1 atom stereocenters. The van der Waals surface area contributed by atoms with Crippen molar-refractivity contribution in [3.8, 4) is 0 Å². The zero-order valence-electron chi connectivity index (χ0n) is 14.9. The molecule has 5 nitrogen and oxygen atoms in total. The van der Waals surface area contributed by atoms with Crippen LogP contribution in [0.15, 0.2) is 48.5 Å². The van der Waals surface area contributed by atoms with E-state index in [0.29, 0.717) is 5.92 Å². The number of nitrogens with zero attached hydrogens (tertiary/aromatic N) is 3. The standard InChI is InChI=1S/C20H24N4O/c1-14(2)12-16-8-10-17(11-9-16)15(3)21-20(25)13-24-19-7-5-4-6-18(19)22-23-24/h4-11,14-15H,12-13H2,1-3H3,(H,21,25)/t15-/m1/s1. The van der Waals surface area contributed by atoms with Crippen molar-refractivity contribution in [1.82, 2.24) is 20.3 Å². The molecule has 0 saturated heterocycles. The Morgan fingerprint density at radius 1 is 1.08 bits per heavy atom. The molecule has 130 valence electrons. The molecule has 0 fully saturated rings. The lowest BCUT2D eigenvalue weighted by Crippen LogP contribution is -2.30. The quantitative estimate of drug-likeness (QED) is 0.749. The number of amides is 1. The first-order valence-electron chi connectivity index (χ1n) is 8.69. The second kappa shape index (κ2) is 7.47. The number of carbonyl (C=O) groups is 1. The Morgan fingerprint density at radius 2 is 1.80 bits per heavy atom. The van der Waals surface area contributed by atoms with Gasteiger partial charge in [-0.25, -0.2) is 4.68 Å². The monoisotopic (exact) mass is 336 g/mol. The average Bonchev–Trinajstić information content (AvgIpc) is 2.98. The first-order chi connectivity index (χ1) is 12.0. The summed E-state index contributed by atoms with van der Waals surface area (Å²) in [5.74, 6) is 0.565. The van der Waals surface area contributed by atoms with Gasteiger partial charge >= 0.3 is 0 Å². The average molecular weight is 336 g/mol. The van der Waals surface area contributed by atoms with E-state index >= 15 is 0 Å². The number of aromatic nitrogens is 3. The third-order valence-electron chi connectivity index (χ3n) is 4.21. The molecule has 0 radical (unpaired) electrons. The lowest BCUT2D eigenvalue weighted by molar-refractivity contribution is -0.122. The van der Waals surface area contributed by atoms with Crippen molar-refractivity contribution in [3.63, 3.8) is 0 Å². The highest BCUT2D eigenvalue weighted by Crippen LogP contribution is 2.16. The molecule has 1 amide bonds. The fourth-order valence-corrected chi connectivity index (χ4v) is 2.95. The van der Waals surface area contributed by atoms with Gasteiger partial charge in [-0.1, -0.05) is 55.5 Å². The van der Waals surface area contributed by atoms with E-state index < -0.39 is 0 Å². The highest BCUT2D eigenvalue weighted by molar-refractivity contribution is 5.80. The zero-order chi connectivity index (χ0) is 17.8. The maximum Gasteiger partial charge on any atom is 0.242 e. The third kappa shape index (κ3) is 4.24. The minimum Gasteiger partial charge on any atom is -0.348 e. The summed E-state index contributed by atoms with van der Waals surface area (Å²) >= 11 is 0. The van der Waals surface area contributed by atoms with Crippen molar-refractivity contribution < 1.29 is 4.79 Å². The highest BCUT2D eigenvalue weighted by Gasteiger charge is 2.12. The predicted molar refractivity (Wildman–Crippen MR) is 99.1 cm³/mol. The molecule has 3 rings (SSSR count). The van der Waals surface area contributed by atoms with Gasteiger partial charge in [0.25, 0.3) is 0 Å². The Kier molecular flexibility index (Phi) is 5.12. The fourth-order valence-electron chi connectivity index (χ4n) is 2.95. The molecule has 0 aliphatic rings. The van der Waals surface area contributed by atoms with Gasteiger partial charge in [0.1, 0.15) is 12.1 Å². The lowest BCUT2D eigenvalue weighted by Gasteiger charge is -2.15. The molecule has 0 saturated carbocycles. The minimum atomic E-state index is -0.0746. The molecule has 2 aromatic carbocycles. The van der Waals surface area contributed by atoms with E-state index in [1.54, 1.807) is 4.68 Å². The van der Waals surface area contributed by atoms with Crippen molar-refractivity contribution in [2.24, 2.45) is 5.92 Å². The highest BCUT2D eigenvalue weighted by atomic mass is 16.2. The van der Waals surface area contributed by atoms with E-state index in [9.17, 15) is 4.79 Å². The molecule has 0 aliphatic carbocycles. The Morgan fingerprint density at radius 3 is 2.52 bits per heavy atom. The lowest BCUT2D eigenvalue weighted by atomic mass is 10.00. The number of hydrogen-bond donors (Lipinski definition) is 1. The molecule has 0 aliphatic heterocycles. The minimum absolute atomic E-state index is 0.0459. The molecular weight excluding hydrogens is 312 g/mol. The van der Waals surface area contributed by atoms with Crippen LogP contribution < -0.4 is 5.32 Å². The zero-order valence-corrected chi connectivity index (χ0v) is 14.9. The number of nitrogens with one attached hydrogen (secondary N) is 1. The van der Waals surface area contributed by atoms with Gasteiger partial charge in [-0.15, -0.1) is 5.10 Å². The van der Waals surface area contributed by atoms with Crippen LogP contribution in [0.4, 0.5) is 0 Å². The van der Waals surface area contributed by atoms with Crippen LogP contribution >= 0.6 is 0 Å². The van der Waals surface area contributed by atoms with Crippen LogP contribution in [0.1, 0.15) is 37.9 Å². The summed E-state index contributed by atoms with van der Waals surface area (Å²) in [7, 11) is 0. The Bertz CT molecular complexity index is 852. The molecule has 0 unspecified atom stereocenters. The van der Waals surface area contributed by atoms with Crippen molar-refractivity contribution in [2.45, 2.75) is 39.8 Å². The smallest absolute Gasteiger partial charge is 0.242 e. The van der Waals surface area contributed by atoms with Crippen LogP contribution in [0.2, 0.25) is 0 Å². The maximum atomic E-state index is 12.4. The third-order valence-corrected chi connectivity index (χ3v) is 4.21. The molecule has 1 heterocycles. The summed E-state index contributed by atoms with van der Waals surface area (Å²) in [6, 6.07) is 16.0. The number of hydrogen-bond acceptors (Lipinski definition) is 3. The summed E-state index contributed by atoms with van der Waals surface area (Å²) in [4.78, 5) is 12.4. The van der Waals surface area contributed by atoms with Gasteiger partial charge < -0.3 is 5.32 Å². The van der Waals surface area contributed by atoms with Crippen molar-refractivity contribution in [2.75, 3.05) is 0 Å². The van der Waals surface area contributed by atoms with Crippen LogP contribution in [0.25, 0.3) is 11.0 Å². The van der Waals surface area contributed by atoms with E-state index in [1.165, 1.54) is 5.56 Å². The van der Waals surface area contributed by atoms with E-state index in [0.717, 1.165) is 23.0 Å². The summed E-state index contributed by atoms with van der Waals surface area (Å²) in [5, 5.41) is 11.2. The van der Waals surface area contributed by atoms with Crippen LogP contribution in [0.3, 0.4) is 0 Å². The van der Waals surface area contributed by atoms with Gasteiger partial charge in [0.05, 0.1) is 11.6 Å². The van der Waals surface area contributed by atoms with Crippen molar-refractivity contribution in [3.05, 3.63) is 59.7 Å². The van der Waals surface area contributed by atoms with Crippen molar-refractivity contribution >= 4 is 16.9 Å². The second-order valence-electron chi connectivity index (χ2n) is 6.86. The molecule has 1 aromatic heterocycles. The molecule has 1 N–H and O–H groups in total. The van der Waals surface area contributed by atoms with Crippen LogP contribution in [-0.2, 0) is 17.8 Å². The van der Waals surface area contributed by atoms with Crippen LogP contribution in [0.5, 0.6) is 0 Å². The Hall–Kier alpha value is -2.69. The summed E-state index contributed by atoms with van der Waals surface area (Å²) in [6.07, 6.45) is 1.07. The number of benzene rings is 2. The van der Waals surface area contributed by atoms with E-state index in [2.05, 4.69) is 53.7 Å². The Balaban J connectivity index is 1.62. The predicted octanol–water partition coefficient (Wildman–Crippen LogP) is 3.51. The summed E-state index contributed by atoms with van der Waals surface area (Å²) in [6.45, 7) is 6.58. The largest absolute Gasteiger partial charge is 0.348 e. The molecular formula is C20H24N4O. The molecule has 0 spiro atoms. The van der Waals surface area contributed by atoms with E-state index in [-0.39, 0.29) is 18.5 Å². The molecule has 3 aromatic rings. The molecule has 25 heavy (non-hydrogen) atoms. The van der Waals surface area contributed by atoms with Gasteiger partial charge in [0.2, 0.25) is 5.91 Å². The van der Waals surface area contributed by atoms with E-state index in [4.69, 9.17) is 0 Å². The van der Waals surface area contributed by atoms with Crippen LogP contribution in [-0.4, -0.2) is 20.9 Å². The second-order valence-corrected chi connectivity index (χ2v) is 6.86. The molecule has 5 heteroatoms. The van der Waals surface area contributed by atoms with Gasteiger partial charge in [-0.2, -0.15) is 0 Å². The Labute approximate surface area is 148 Å². The number of fused-ring (bicyclic) bond motifs is 1. The van der Waals surface area contributed by atoms with Gasteiger partial charge in [-0.05, 0) is 42.5 Å².